The lowest BCUT2D eigenvalue weighted by molar-refractivity contribution is -0.132. The van der Waals surface area contributed by atoms with Gasteiger partial charge in [0.1, 0.15) is 0 Å². The highest BCUT2D eigenvalue weighted by atomic mass is 16.2. The summed E-state index contributed by atoms with van der Waals surface area (Å²) in [5, 5.41) is 11.7. The fourth-order valence-corrected chi connectivity index (χ4v) is 3.05. The molecule has 1 fully saturated rings. The molecule has 0 unspecified atom stereocenters. The van der Waals surface area contributed by atoms with E-state index in [-0.39, 0.29) is 11.9 Å². The molecule has 1 aromatic heterocycles. The highest BCUT2D eigenvalue weighted by molar-refractivity contribution is 5.78. The van der Waals surface area contributed by atoms with Gasteiger partial charge in [-0.05, 0) is 37.8 Å². The van der Waals surface area contributed by atoms with Crippen molar-refractivity contribution in [3.63, 3.8) is 0 Å². The summed E-state index contributed by atoms with van der Waals surface area (Å²) in [6.45, 7) is 6.30. The van der Waals surface area contributed by atoms with Gasteiger partial charge in [0, 0.05) is 13.1 Å². The van der Waals surface area contributed by atoms with Crippen molar-refractivity contribution in [3.05, 3.63) is 42.2 Å². The summed E-state index contributed by atoms with van der Waals surface area (Å²) in [7, 11) is 0. The minimum atomic E-state index is -0.0198. The maximum Gasteiger partial charge on any atom is 0.236 e. The van der Waals surface area contributed by atoms with Gasteiger partial charge in [0.25, 0.3) is 0 Å². The Kier molecular flexibility index (Phi) is 5.25. The van der Waals surface area contributed by atoms with Crippen molar-refractivity contribution >= 4 is 5.91 Å². The second-order valence-electron chi connectivity index (χ2n) is 6.61. The molecule has 128 valence electrons. The van der Waals surface area contributed by atoms with Crippen LogP contribution in [0.3, 0.4) is 0 Å². The largest absolute Gasteiger partial charge is 0.341 e. The van der Waals surface area contributed by atoms with Gasteiger partial charge in [0.05, 0.1) is 30.2 Å². The third kappa shape index (κ3) is 4.00. The molecule has 2 atom stereocenters. The number of rotatable bonds is 5. The number of hydrogen-bond donors (Lipinski definition) is 1. The molecule has 0 aliphatic carbocycles. The molecule has 1 aliphatic heterocycles. The van der Waals surface area contributed by atoms with Crippen LogP contribution < -0.4 is 5.32 Å². The zero-order valence-electron chi connectivity index (χ0n) is 14.4. The van der Waals surface area contributed by atoms with Crippen molar-refractivity contribution in [2.75, 3.05) is 19.6 Å². The molecule has 1 aliphatic rings. The Morgan fingerprint density at radius 2 is 2.17 bits per heavy atom. The standard InChI is InChI=1S/C18H25N5O/c1-14-7-6-10-22(12-14)18(24)11-19-15(2)17-13-23(21-20-17)16-8-4-3-5-9-16/h3-5,8-9,13-15,19H,6-7,10-12H2,1-2H3/t14-,15+/m0/s1. The van der Waals surface area contributed by atoms with Crippen molar-refractivity contribution in [1.82, 2.24) is 25.2 Å². The van der Waals surface area contributed by atoms with E-state index in [1.54, 1.807) is 4.68 Å². The van der Waals surface area contributed by atoms with Gasteiger partial charge in [-0.25, -0.2) is 4.68 Å². The molecule has 1 amide bonds. The van der Waals surface area contributed by atoms with Crippen LogP contribution in [0, 0.1) is 5.92 Å². The first kappa shape index (κ1) is 16.6. The zero-order valence-corrected chi connectivity index (χ0v) is 14.4. The van der Waals surface area contributed by atoms with Crippen LogP contribution >= 0.6 is 0 Å². The van der Waals surface area contributed by atoms with E-state index < -0.39 is 0 Å². The van der Waals surface area contributed by atoms with Gasteiger partial charge >= 0.3 is 0 Å². The Balaban J connectivity index is 1.54. The minimum absolute atomic E-state index is 0.0198. The van der Waals surface area contributed by atoms with Crippen LogP contribution in [-0.2, 0) is 4.79 Å². The van der Waals surface area contributed by atoms with Gasteiger partial charge < -0.3 is 10.2 Å². The van der Waals surface area contributed by atoms with Gasteiger partial charge in [-0.3, -0.25) is 4.79 Å². The van der Waals surface area contributed by atoms with Crippen LogP contribution in [0.15, 0.2) is 36.5 Å². The Morgan fingerprint density at radius 1 is 1.38 bits per heavy atom. The minimum Gasteiger partial charge on any atom is -0.341 e. The van der Waals surface area contributed by atoms with Crippen molar-refractivity contribution in [1.29, 1.82) is 0 Å². The van der Waals surface area contributed by atoms with Crippen LogP contribution in [0.25, 0.3) is 5.69 Å². The maximum atomic E-state index is 12.3. The molecule has 2 aromatic rings. The number of likely N-dealkylation sites (tertiary alicyclic amines) is 1. The average molecular weight is 327 g/mol. The third-order valence-corrected chi connectivity index (χ3v) is 4.54. The number of nitrogens with one attached hydrogen (secondary N) is 1. The summed E-state index contributed by atoms with van der Waals surface area (Å²) >= 11 is 0. The molecule has 6 nitrogen and oxygen atoms in total. The molecule has 2 heterocycles. The van der Waals surface area contributed by atoms with Gasteiger partial charge in [0.15, 0.2) is 0 Å². The van der Waals surface area contributed by atoms with E-state index in [0.29, 0.717) is 12.5 Å². The fraction of sp³-hybridized carbons (Fsp3) is 0.500. The number of aromatic nitrogens is 3. The SMILES string of the molecule is C[C@H]1CCCN(C(=O)CN[C@H](C)c2cn(-c3ccccc3)nn2)C1. The lowest BCUT2D eigenvalue weighted by Gasteiger charge is -2.31. The van der Waals surface area contributed by atoms with Crippen molar-refractivity contribution in [3.8, 4) is 5.69 Å². The van der Waals surface area contributed by atoms with Crippen LogP contribution in [0.5, 0.6) is 0 Å². The first-order chi connectivity index (χ1) is 11.6. The number of amides is 1. The van der Waals surface area contributed by atoms with Crippen molar-refractivity contribution < 1.29 is 4.79 Å². The van der Waals surface area contributed by atoms with Crippen LogP contribution in [0.2, 0.25) is 0 Å². The Morgan fingerprint density at radius 3 is 2.92 bits per heavy atom. The van der Waals surface area contributed by atoms with Crippen molar-refractivity contribution in [2.24, 2.45) is 5.92 Å². The number of para-hydroxylation sites is 1. The normalized spacial score (nSPS) is 19.2. The zero-order chi connectivity index (χ0) is 16.9. The predicted molar refractivity (Wildman–Crippen MR) is 92.8 cm³/mol. The molecule has 0 bridgehead atoms. The van der Waals surface area contributed by atoms with E-state index in [0.717, 1.165) is 30.9 Å². The summed E-state index contributed by atoms with van der Waals surface area (Å²) in [5.41, 5.74) is 1.81. The number of benzene rings is 1. The second-order valence-corrected chi connectivity index (χ2v) is 6.61. The Hall–Kier alpha value is -2.21. The molecule has 3 rings (SSSR count). The van der Waals surface area contributed by atoms with Crippen LogP contribution in [-0.4, -0.2) is 45.4 Å². The monoisotopic (exact) mass is 327 g/mol. The Bertz CT molecular complexity index is 669. The number of hydrogen-bond acceptors (Lipinski definition) is 4. The third-order valence-electron chi connectivity index (χ3n) is 4.54. The van der Waals surface area contributed by atoms with E-state index >= 15 is 0 Å². The predicted octanol–water partition coefficient (Wildman–Crippen LogP) is 2.18. The lowest BCUT2D eigenvalue weighted by atomic mass is 10.0. The smallest absolute Gasteiger partial charge is 0.236 e. The second kappa shape index (κ2) is 7.57. The number of piperidine rings is 1. The molecule has 24 heavy (non-hydrogen) atoms. The quantitative estimate of drug-likeness (QED) is 0.914. The van der Waals surface area contributed by atoms with Gasteiger partial charge in [-0.2, -0.15) is 0 Å². The lowest BCUT2D eigenvalue weighted by Crippen LogP contribution is -2.43. The van der Waals surface area contributed by atoms with Gasteiger partial charge in [-0.1, -0.05) is 30.3 Å². The summed E-state index contributed by atoms with van der Waals surface area (Å²) in [4.78, 5) is 14.3. The van der Waals surface area contributed by atoms with Crippen molar-refractivity contribution in [2.45, 2.75) is 32.7 Å². The first-order valence-electron chi connectivity index (χ1n) is 8.62. The summed E-state index contributed by atoms with van der Waals surface area (Å²) in [6, 6.07) is 9.86. The molecule has 1 N–H and O–H groups in total. The molecule has 6 heteroatoms. The number of carbonyl (C=O) groups excluding carboxylic acids is 1. The van der Waals surface area contributed by atoms with E-state index in [1.165, 1.54) is 6.42 Å². The highest BCUT2D eigenvalue weighted by Crippen LogP contribution is 2.16. The highest BCUT2D eigenvalue weighted by Gasteiger charge is 2.21. The number of nitrogens with zero attached hydrogens (tertiary/aromatic N) is 4. The van der Waals surface area contributed by atoms with Gasteiger partial charge in [-0.15, -0.1) is 5.10 Å². The summed E-state index contributed by atoms with van der Waals surface area (Å²) in [6.07, 6.45) is 4.23. The molecular weight excluding hydrogens is 302 g/mol. The van der Waals surface area contributed by atoms with Gasteiger partial charge in [0.2, 0.25) is 5.91 Å². The summed E-state index contributed by atoms with van der Waals surface area (Å²) < 4.78 is 1.75. The van der Waals surface area contributed by atoms with Crippen LogP contribution in [0.1, 0.15) is 38.4 Å². The molecule has 1 saturated heterocycles. The topological polar surface area (TPSA) is 63.1 Å². The Labute approximate surface area is 142 Å². The molecule has 0 radical (unpaired) electrons. The van der Waals surface area contributed by atoms with E-state index in [2.05, 4.69) is 22.6 Å². The molecular formula is C18H25N5O. The van der Waals surface area contributed by atoms with E-state index in [4.69, 9.17) is 0 Å². The number of carbonyl (C=O) groups is 1. The van der Waals surface area contributed by atoms with E-state index in [9.17, 15) is 4.79 Å². The van der Waals surface area contributed by atoms with Crippen LogP contribution in [0.4, 0.5) is 0 Å². The molecule has 0 spiro atoms. The molecule has 0 saturated carbocycles. The maximum absolute atomic E-state index is 12.3. The fourth-order valence-electron chi connectivity index (χ4n) is 3.05. The average Bonchev–Trinajstić information content (AvgIpc) is 3.10. The van der Waals surface area contributed by atoms with E-state index in [1.807, 2.05) is 48.4 Å². The first-order valence-corrected chi connectivity index (χ1v) is 8.62. The molecule has 1 aromatic carbocycles. The summed E-state index contributed by atoms with van der Waals surface area (Å²) in [5.74, 6) is 0.773.